The molecule has 0 aliphatic heterocycles. The molecule has 0 spiro atoms. The molecule has 0 saturated heterocycles. The zero-order chi connectivity index (χ0) is 9.90. The molecule has 0 atom stereocenters. The largest absolute Gasteiger partial charge is 0.401 e. The summed E-state index contributed by atoms with van der Waals surface area (Å²) >= 11 is 0. The topological polar surface area (TPSA) is 17.0 Å². The fourth-order valence-corrected chi connectivity index (χ4v) is 1.01. The van der Waals surface area contributed by atoms with Gasteiger partial charge in [0.15, 0.2) is 0 Å². The first-order chi connectivity index (χ1) is 5.97. The van der Waals surface area contributed by atoms with Crippen LogP contribution in [0.4, 0.5) is 13.2 Å². The lowest BCUT2D eigenvalue weighted by molar-refractivity contribution is -0.125. The first-order valence-corrected chi connectivity index (χ1v) is 3.86. The van der Waals surface area contributed by atoms with Crippen molar-refractivity contribution in [3.63, 3.8) is 0 Å². The number of aromatic nitrogens is 1. The maximum absolute atomic E-state index is 11.7. The van der Waals surface area contributed by atoms with E-state index in [-0.39, 0.29) is 6.54 Å². The average molecular weight is 192 g/mol. The molecule has 0 radical (unpaired) electrons. The van der Waals surface area contributed by atoms with Crippen LogP contribution in [0.1, 0.15) is 5.56 Å². The van der Waals surface area contributed by atoms with Crippen molar-refractivity contribution in [2.45, 2.75) is 12.7 Å². The molecule has 0 aromatic carbocycles. The summed E-state index contributed by atoms with van der Waals surface area (Å²) in [5, 5.41) is 2.32. The Kier molecular flexibility index (Phi) is 2.98. The van der Waals surface area contributed by atoms with Gasteiger partial charge in [0.2, 0.25) is 0 Å². The summed E-state index contributed by atoms with van der Waals surface area (Å²) < 4.78 is 36.9. The molecule has 0 fully saturated rings. The van der Waals surface area contributed by atoms with Crippen LogP contribution < -0.4 is 5.32 Å². The molecule has 0 aliphatic rings. The number of alkyl halides is 3. The fourth-order valence-electron chi connectivity index (χ4n) is 1.01. The van der Waals surface area contributed by atoms with Gasteiger partial charge in [0.05, 0.1) is 6.54 Å². The second-order valence-electron chi connectivity index (χ2n) is 2.90. The zero-order valence-corrected chi connectivity index (χ0v) is 7.23. The second kappa shape index (κ2) is 3.83. The Morgan fingerprint density at radius 2 is 2.15 bits per heavy atom. The van der Waals surface area contributed by atoms with E-state index in [1.165, 1.54) is 0 Å². The first kappa shape index (κ1) is 10.1. The van der Waals surface area contributed by atoms with Crippen molar-refractivity contribution in [2.24, 2.45) is 7.05 Å². The highest BCUT2D eigenvalue weighted by molar-refractivity contribution is 5.09. The van der Waals surface area contributed by atoms with E-state index in [1.807, 2.05) is 7.05 Å². The van der Waals surface area contributed by atoms with Gasteiger partial charge in [-0.2, -0.15) is 13.2 Å². The smallest absolute Gasteiger partial charge is 0.357 e. The van der Waals surface area contributed by atoms with Crippen LogP contribution in [0.2, 0.25) is 0 Å². The molecule has 0 saturated carbocycles. The van der Waals surface area contributed by atoms with Crippen LogP contribution in [0, 0.1) is 0 Å². The highest BCUT2D eigenvalue weighted by Gasteiger charge is 2.25. The van der Waals surface area contributed by atoms with Crippen LogP contribution in [0.5, 0.6) is 0 Å². The number of nitrogens with one attached hydrogen (secondary N) is 1. The number of hydrogen-bond donors (Lipinski definition) is 1. The van der Waals surface area contributed by atoms with Gasteiger partial charge in [-0.1, -0.05) is 0 Å². The molecule has 0 unspecified atom stereocenters. The maximum atomic E-state index is 11.7. The summed E-state index contributed by atoms with van der Waals surface area (Å²) in [5.74, 6) is 0. The normalized spacial score (nSPS) is 12.0. The monoisotopic (exact) mass is 192 g/mol. The summed E-state index contributed by atoms with van der Waals surface area (Å²) in [5.41, 5.74) is 0.853. The minimum Gasteiger partial charge on any atom is -0.357 e. The molecular formula is C8H11F3N2. The number of hydrogen-bond acceptors (Lipinski definition) is 1. The number of aryl methyl sites for hydroxylation is 1. The molecule has 1 N–H and O–H groups in total. The Morgan fingerprint density at radius 3 is 2.62 bits per heavy atom. The van der Waals surface area contributed by atoms with E-state index in [1.54, 1.807) is 23.0 Å². The molecule has 0 bridgehead atoms. The molecule has 13 heavy (non-hydrogen) atoms. The predicted octanol–water partition coefficient (Wildman–Crippen LogP) is 1.68. The third kappa shape index (κ3) is 3.98. The van der Waals surface area contributed by atoms with E-state index >= 15 is 0 Å². The van der Waals surface area contributed by atoms with E-state index < -0.39 is 12.7 Å². The van der Waals surface area contributed by atoms with Gasteiger partial charge in [0.1, 0.15) is 0 Å². The minimum atomic E-state index is -4.13. The molecule has 5 heteroatoms. The molecule has 2 nitrogen and oxygen atoms in total. The molecule has 1 aromatic heterocycles. The second-order valence-corrected chi connectivity index (χ2v) is 2.90. The van der Waals surface area contributed by atoms with Gasteiger partial charge in [-0.25, -0.2) is 0 Å². The molecule has 1 heterocycles. The van der Waals surface area contributed by atoms with Crippen LogP contribution in [-0.2, 0) is 13.6 Å². The third-order valence-electron chi connectivity index (χ3n) is 1.55. The quantitative estimate of drug-likeness (QED) is 0.770. The Morgan fingerprint density at radius 1 is 1.46 bits per heavy atom. The Labute approximate surface area is 74.4 Å². The lowest BCUT2D eigenvalue weighted by Crippen LogP contribution is -2.28. The van der Waals surface area contributed by atoms with Crippen molar-refractivity contribution in [1.82, 2.24) is 9.88 Å². The van der Waals surface area contributed by atoms with E-state index in [0.717, 1.165) is 5.56 Å². The van der Waals surface area contributed by atoms with E-state index in [9.17, 15) is 13.2 Å². The highest BCUT2D eigenvalue weighted by Crippen LogP contribution is 2.12. The fraction of sp³-hybridized carbons (Fsp3) is 0.500. The van der Waals surface area contributed by atoms with Gasteiger partial charge in [-0.3, -0.25) is 0 Å². The molecule has 1 rings (SSSR count). The van der Waals surface area contributed by atoms with Crippen LogP contribution in [0.15, 0.2) is 18.5 Å². The number of halogens is 3. The van der Waals surface area contributed by atoms with Crippen molar-refractivity contribution < 1.29 is 13.2 Å². The lowest BCUT2D eigenvalue weighted by Gasteiger charge is -2.06. The first-order valence-electron chi connectivity index (χ1n) is 3.86. The van der Waals surface area contributed by atoms with Crippen molar-refractivity contribution in [3.05, 3.63) is 24.0 Å². The molecular weight excluding hydrogens is 181 g/mol. The lowest BCUT2D eigenvalue weighted by atomic mass is 10.3. The average Bonchev–Trinajstić information content (AvgIpc) is 2.33. The summed E-state index contributed by atoms with van der Waals surface area (Å²) in [6, 6.07) is 1.78. The Hall–Kier alpha value is -0.970. The summed E-state index contributed by atoms with van der Waals surface area (Å²) in [4.78, 5) is 0. The van der Waals surface area contributed by atoms with Crippen LogP contribution >= 0.6 is 0 Å². The molecule has 0 amide bonds. The van der Waals surface area contributed by atoms with Gasteiger partial charge in [0.25, 0.3) is 0 Å². The maximum Gasteiger partial charge on any atom is 0.401 e. The Balaban J connectivity index is 2.28. The van der Waals surface area contributed by atoms with Gasteiger partial charge in [-0.05, 0) is 11.6 Å². The minimum absolute atomic E-state index is 0.250. The van der Waals surface area contributed by atoms with Crippen LogP contribution in [0.25, 0.3) is 0 Å². The van der Waals surface area contributed by atoms with Gasteiger partial charge < -0.3 is 9.88 Å². The van der Waals surface area contributed by atoms with E-state index in [0.29, 0.717) is 0 Å². The van der Waals surface area contributed by atoms with Crippen LogP contribution in [-0.4, -0.2) is 17.3 Å². The van der Waals surface area contributed by atoms with Crippen LogP contribution in [0.3, 0.4) is 0 Å². The predicted molar refractivity (Wildman–Crippen MR) is 43.2 cm³/mol. The highest BCUT2D eigenvalue weighted by atomic mass is 19.4. The van der Waals surface area contributed by atoms with E-state index in [4.69, 9.17) is 0 Å². The van der Waals surface area contributed by atoms with Gasteiger partial charge in [-0.15, -0.1) is 0 Å². The van der Waals surface area contributed by atoms with Crippen molar-refractivity contribution in [2.75, 3.05) is 6.54 Å². The standard InChI is InChI=1S/C8H11F3N2/c1-13-3-2-7(5-13)4-12-6-8(9,10)11/h2-3,5,12H,4,6H2,1H3. The number of rotatable bonds is 3. The zero-order valence-electron chi connectivity index (χ0n) is 7.23. The third-order valence-corrected chi connectivity index (χ3v) is 1.55. The summed E-state index contributed by atoms with van der Waals surface area (Å²) in [7, 11) is 1.83. The molecule has 74 valence electrons. The molecule has 0 aliphatic carbocycles. The molecule has 1 aromatic rings. The van der Waals surface area contributed by atoms with Crippen molar-refractivity contribution in [1.29, 1.82) is 0 Å². The Bertz CT molecular complexity index is 265. The van der Waals surface area contributed by atoms with E-state index in [2.05, 4.69) is 5.32 Å². The summed E-state index contributed by atoms with van der Waals surface area (Å²) in [6.07, 6.45) is -0.553. The SMILES string of the molecule is Cn1ccc(CNCC(F)(F)F)c1. The number of nitrogens with zero attached hydrogens (tertiary/aromatic N) is 1. The van der Waals surface area contributed by atoms with Crippen molar-refractivity contribution in [3.8, 4) is 0 Å². The summed E-state index contributed by atoms with van der Waals surface area (Å²) in [6.45, 7) is -0.692. The van der Waals surface area contributed by atoms with Gasteiger partial charge >= 0.3 is 6.18 Å². The van der Waals surface area contributed by atoms with Gasteiger partial charge in [0, 0.05) is 26.0 Å². The van der Waals surface area contributed by atoms with Crippen molar-refractivity contribution >= 4 is 0 Å².